The van der Waals surface area contributed by atoms with Crippen LogP contribution in [-0.2, 0) is 11.3 Å². The van der Waals surface area contributed by atoms with Gasteiger partial charge in [0.15, 0.2) is 5.69 Å². The van der Waals surface area contributed by atoms with Crippen molar-refractivity contribution in [2.75, 3.05) is 6.54 Å². The molecule has 0 unspecified atom stereocenters. The Morgan fingerprint density at radius 1 is 1.42 bits per heavy atom. The number of nitrogens with one attached hydrogen (secondary N) is 1. The molecule has 1 aliphatic carbocycles. The molecule has 0 saturated heterocycles. The van der Waals surface area contributed by atoms with Crippen LogP contribution in [0.15, 0.2) is 12.5 Å². The minimum Gasteiger partial charge on any atom is -0.476 e. The van der Waals surface area contributed by atoms with E-state index in [0.717, 1.165) is 12.8 Å². The Morgan fingerprint density at radius 3 is 2.79 bits per heavy atom. The molecule has 6 heteroatoms. The van der Waals surface area contributed by atoms with Gasteiger partial charge in [0.1, 0.15) is 0 Å². The van der Waals surface area contributed by atoms with Crippen LogP contribution in [0.25, 0.3) is 0 Å². The number of nitrogens with zero attached hydrogens (tertiary/aromatic N) is 2. The predicted octanol–water partition coefficient (Wildman–Crippen LogP) is 1.28. The average molecular weight is 265 g/mol. The van der Waals surface area contributed by atoms with Gasteiger partial charge < -0.3 is 15.0 Å². The van der Waals surface area contributed by atoms with Crippen LogP contribution < -0.4 is 5.32 Å². The molecule has 1 saturated carbocycles. The Bertz CT molecular complexity index is 450. The highest BCUT2D eigenvalue weighted by Crippen LogP contribution is 2.27. The van der Waals surface area contributed by atoms with Gasteiger partial charge in [-0.3, -0.25) is 4.79 Å². The SMILES string of the molecule is O=C(CC1CCCC1)NCCn1cnc(C(=O)O)c1. The van der Waals surface area contributed by atoms with Crippen LogP contribution in [0, 0.1) is 5.92 Å². The molecule has 6 nitrogen and oxygen atoms in total. The predicted molar refractivity (Wildman–Crippen MR) is 68.8 cm³/mol. The molecule has 0 aliphatic heterocycles. The van der Waals surface area contributed by atoms with Crippen LogP contribution in [0.2, 0.25) is 0 Å². The number of carbonyl (C=O) groups excluding carboxylic acids is 1. The highest BCUT2D eigenvalue weighted by Gasteiger charge is 2.17. The molecule has 2 N–H and O–H groups in total. The molecule has 0 radical (unpaired) electrons. The molecule has 1 amide bonds. The minimum absolute atomic E-state index is 0.0253. The lowest BCUT2D eigenvalue weighted by Crippen LogP contribution is -2.28. The van der Waals surface area contributed by atoms with Crippen LogP contribution in [0.3, 0.4) is 0 Å². The summed E-state index contributed by atoms with van der Waals surface area (Å²) < 4.78 is 1.67. The van der Waals surface area contributed by atoms with Crippen molar-refractivity contribution in [2.45, 2.75) is 38.6 Å². The molecule has 0 bridgehead atoms. The number of aromatic nitrogens is 2. The van der Waals surface area contributed by atoms with Crippen molar-refractivity contribution in [1.82, 2.24) is 14.9 Å². The first-order valence-electron chi connectivity index (χ1n) is 6.67. The molecule has 1 aliphatic rings. The Morgan fingerprint density at radius 2 is 2.16 bits per heavy atom. The minimum atomic E-state index is -1.04. The summed E-state index contributed by atoms with van der Waals surface area (Å²) in [4.78, 5) is 26.1. The Labute approximate surface area is 111 Å². The number of imidazole rings is 1. The maximum atomic E-state index is 11.7. The Kier molecular flexibility index (Phi) is 4.54. The van der Waals surface area contributed by atoms with E-state index < -0.39 is 5.97 Å². The van der Waals surface area contributed by atoms with Crippen molar-refractivity contribution in [3.05, 3.63) is 18.2 Å². The molecule has 1 heterocycles. The Hall–Kier alpha value is -1.85. The smallest absolute Gasteiger partial charge is 0.356 e. The van der Waals surface area contributed by atoms with Crippen molar-refractivity contribution in [2.24, 2.45) is 5.92 Å². The largest absolute Gasteiger partial charge is 0.476 e. The van der Waals surface area contributed by atoms with Gasteiger partial charge in [0, 0.05) is 25.7 Å². The molecular formula is C13H19N3O3. The van der Waals surface area contributed by atoms with Crippen LogP contribution in [-0.4, -0.2) is 33.1 Å². The van der Waals surface area contributed by atoms with Gasteiger partial charge in [-0.05, 0) is 18.8 Å². The first-order chi connectivity index (χ1) is 9.15. The standard InChI is InChI=1S/C13H19N3O3/c17-12(7-10-3-1-2-4-10)14-5-6-16-8-11(13(18)19)15-9-16/h8-10H,1-7H2,(H,14,17)(H,18,19). The second-order valence-corrected chi connectivity index (χ2v) is 5.01. The second kappa shape index (κ2) is 6.36. The van der Waals surface area contributed by atoms with Gasteiger partial charge >= 0.3 is 5.97 Å². The molecule has 1 fully saturated rings. The normalized spacial score (nSPS) is 15.6. The van der Waals surface area contributed by atoms with Gasteiger partial charge in [0.2, 0.25) is 5.91 Å². The number of hydrogen-bond acceptors (Lipinski definition) is 3. The number of rotatable bonds is 6. The average Bonchev–Trinajstić information content (AvgIpc) is 3.00. The van der Waals surface area contributed by atoms with E-state index in [-0.39, 0.29) is 11.6 Å². The van der Waals surface area contributed by atoms with Crippen LogP contribution >= 0.6 is 0 Å². The number of amides is 1. The van der Waals surface area contributed by atoms with Crippen LogP contribution in [0.5, 0.6) is 0 Å². The molecule has 19 heavy (non-hydrogen) atoms. The number of carboxylic acid groups (broad SMARTS) is 1. The maximum Gasteiger partial charge on any atom is 0.356 e. The fraction of sp³-hybridized carbons (Fsp3) is 0.615. The van der Waals surface area contributed by atoms with E-state index in [1.165, 1.54) is 25.4 Å². The quantitative estimate of drug-likeness (QED) is 0.811. The van der Waals surface area contributed by atoms with Crippen molar-refractivity contribution >= 4 is 11.9 Å². The zero-order valence-corrected chi connectivity index (χ0v) is 10.8. The third kappa shape index (κ3) is 4.08. The number of carboxylic acids is 1. The van der Waals surface area contributed by atoms with E-state index in [4.69, 9.17) is 5.11 Å². The first-order valence-corrected chi connectivity index (χ1v) is 6.67. The second-order valence-electron chi connectivity index (χ2n) is 5.01. The van der Waals surface area contributed by atoms with E-state index in [1.807, 2.05) is 0 Å². The van der Waals surface area contributed by atoms with Crippen molar-refractivity contribution < 1.29 is 14.7 Å². The summed E-state index contributed by atoms with van der Waals surface area (Å²) >= 11 is 0. The molecular weight excluding hydrogens is 246 g/mol. The number of carbonyl (C=O) groups is 2. The van der Waals surface area contributed by atoms with Gasteiger partial charge in [-0.1, -0.05) is 12.8 Å². The van der Waals surface area contributed by atoms with Gasteiger partial charge in [0.25, 0.3) is 0 Å². The molecule has 1 aromatic rings. The molecule has 0 atom stereocenters. The highest BCUT2D eigenvalue weighted by molar-refractivity contribution is 5.84. The van der Waals surface area contributed by atoms with E-state index >= 15 is 0 Å². The van der Waals surface area contributed by atoms with Gasteiger partial charge in [0.05, 0.1) is 6.33 Å². The summed E-state index contributed by atoms with van der Waals surface area (Å²) in [7, 11) is 0. The summed E-state index contributed by atoms with van der Waals surface area (Å²) in [6.45, 7) is 1.04. The van der Waals surface area contributed by atoms with Crippen molar-refractivity contribution in [1.29, 1.82) is 0 Å². The highest BCUT2D eigenvalue weighted by atomic mass is 16.4. The number of aromatic carboxylic acids is 1. The fourth-order valence-corrected chi connectivity index (χ4v) is 2.47. The first kappa shape index (κ1) is 13.6. The zero-order valence-electron chi connectivity index (χ0n) is 10.8. The third-order valence-corrected chi connectivity index (χ3v) is 3.49. The van der Waals surface area contributed by atoms with E-state index in [0.29, 0.717) is 25.4 Å². The summed E-state index contributed by atoms with van der Waals surface area (Å²) in [5.74, 6) is -0.402. The summed E-state index contributed by atoms with van der Waals surface area (Å²) in [5, 5.41) is 11.6. The zero-order chi connectivity index (χ0) is 13.7. The summed E-state index contributed by atoms with van der Waals surface area (Å²) in [5.41, 5.74) is 0.0253. The van der Waals surface area contributed by atoms with E-state index in [2.05, 4.69) is 10.3 Å². The summed E-state index contributed by atoms with van der Waals surface area (Å²) in [6, 6.07) is 0. The monoisotopic (exact) mass is 265 g/mol. The van der Waals surface area contributed by atoms with Crippen molar-refractivity contribution in [3.63, 3.8) is 0 Å². The summed E-state index contributed by atoms with van der Waals surface area (Å²) in [6.07, 6.45) is 8.35. The number of hydrogen-bond donors (Lipinski definition) is 2. The maximum absolute atomic E-state index is 11.7. The lowest BCUT2D eigenvalue weighted by atomic mass is 10.0. The third-order valence-electron chi connectivity index (χ3n) is 3.49. The molecule has 1 aromatic heterocycles. The van der Waals surface area contributed by atoms with Gasteiger partial charge in [-0.25, -0.2) is 9.78 Å². The van der Waals surface area contributed by atoms with E-state index in [9.17, 15) is 9.59 Å². The lowest BCUT2D eigenvalue weighted by molar-refractivity contribution is -0.122. The topological polar surface area (TPSA) is 84.2 Å². The van der Waals surface area contributed by atoms with Crippen LogP contribution in [0.1, 0.15) is 42.6 Å². The van der Waals surface area contributed by atoms with E-state index in [1.54, 1.807) is 4.57 Å². The van der Waals surface area contributed by atoms with Gasteiger partial charge in [-0.15, -0.1) is 0 Å². The van der Waals surface area contributed by atoms with Gasteiger partial charge in [-0.2, -0.15) is 0 Å². The van der Waals surface area contributed by atoms with Crippen molar-refractivity contribution in [3.8, 4) is 0 Å². The Balaban J connectivity index is 1.67. The lowest BCUT2D eigenvalue weighted by Gasteiger charge is -2.09. The molecule has 0 aromatic carbocycles. The fourth-order valence-electron chi connectivity index (χ4n) is 2.47. The molecule has 0 spiro atoms. The molecule has 2 rings (SSSR count). The van der Waals surface area contributed by atoms with Crippen LogP contribution in [0.4, 0.5) is 0 Å². The molecule has 104 valence electrons.